The molecule has 34 heavy (non-hydrogen) atoms. The Morgan fingerprint density at radius 3 is 2.44 bits per heavy atom. The number of halogens is 1. The number of hydrogen-bond acceptors (Lipinski definition) is 6. The van der Waals surface area contributed by atoms with E-state index < -0.39 is 0 Å². The third-order valence-corrected chi connectivity index (χ3v) is 6.50. The molecule has 0 aliphatic carbocycles. The van der Waals surface area contributed by atoms with E-state index in [-0.39, 0.29) is 11.7 Å². The van der Waals surface area contributed by atoms with Crippen molar-refractivity contribution in [2.75, 3.05) is 23.7 Å². The molecule has 0 aliphatic heterocycles. The second-order valence-corrected chi connectivity index (χ2v) is 9.56. The van der Waals surface area contributed by atoms with Gasteiger partial charge in [0.15, 0.2) is 11.0 Å². The van der Waals surface area contributed by atoms with Gasteiger partial charge in [0, 0.05) is 35.4 Å². The summed E-state index contributed by atoms with van der Waals surface area (Å²) in [4.78, 5) is 14.6. The molecule has 0 fully saturated rings. The lowest BCUT2D eigenvalue weighted by atomic mass is 10.2. The number of thioether (sulfide) groups is 1. The number of allylic oxidation sites excluding steroid dienone is 1. The predicted molar refractivity (Wildman–Crippen MR) is 144 cm³/mol. The Kier molecular flexibility index (Phi) is 9.47. The van der Waals surface area contributed by atoms with Gasteiger partial charge >= 0.3 is 0 Å². The van der Waals surface area contributed by atoms with Gasteiger partial charge < -0.3 is 4.90 Å². The van der Waals surface area contributed by atoms with E-state index >= 15 is 0 Å². The molecule has 9 heteroatoms. The zero-order valence-electron chi connectivity index (χ0n) is 19.7. The van der Waals surface area contributed by atoms with Crippen molar-refractivity contribution in [1.29, 1.82) is 0 Å². The quantitative estimate of drug-likeness (QED) is 0.153. The van der Waals surface area contributed by atoms with E-state index in [2.05, 4.69) is 74.1 Å². The van der Waals surface area contributed by atoms with Crippen molar-refractivity contribution in [1.82, 2.24) is 20.2 Å². The summed E-state index contributed by atoms with van der Waals surface area (Å²) in [5.74, 6) is 0.702. The minimum atomic E-state index is -0.212. The summed E-state index contributed by atoms with van der Waals surface area (Å²) in [6.45, 7) is 12.7. The van der Waals surface area contributed by atoms with Gasteiger partial charge in [0.1, 0.15) is 0 Å². The van der Waals surface area contributed by atoms with Crippen molar-refractivity contribution in [3.05, 3.63) is 70.7 Å². The van der Waals surface area contributed by atoms with Crippen LogP contribution in [0.1, 0.15) is 26.3 Å². The summed E-state index contributed by atoms with van der Waals surface area (Å²) in [6, 6.07) is 16.0. The number of nitrogens with zero attached hydrogens (tertiary/aromatic N) is 5. The van der Waals surface area contributed by atoms with Crippen LogP contribution in [0.5, 0.6) is 0 Å². The summed E-state index contributed by atoms with van der Waals surface area (Å²) in [6.07, 6.45) is 1.64. The van der Waals surface area contributed by atoms with E-state index in [1.165, 1.54) is 17.4 Å². The Bertz CT molecular complexity index is 1140. The first-order valence-corrected chi connectivity index (χ1v) is 12.8. The Morgan fingerprint density at radius 2 is 1.82 bits per heavy atom. The van der Waals surface area contributed by atoms with Gasteiger partial charge in [-0.1, -0.05) is 64.1 Å². The molecule has 0 aliphatic rings. The van der Waals surface area contributed by atoms with Crippen molar-refractivity contribution < 1.29 is 4.79 Å². The minimum absolute atomic E-state index is 0.174. The Labute approximate surface area is 213 Å². The first kappa shape index (κ1) is 25.7. The van der Waals surface area contributed by atoms with Crippen LogP contribution in [0, 0.1) is 0 Å². The Hall–Kier alpha value is -2.91. The largest absolute Gasteiger partial charge is 0.372 e. The van der Waals surface area contributed by atoms with Gasteiger partial charge in [-0.3, -0.25) is 9.36 Å². The number of anilines is 1. The Morgan fingerprint density at radius 1 is 1.15 bits per heavy atom. The average molecular weight is 542 g/mol. The number of carbonyl (C=O) groups is 1. The monoisotopic (exact) mass is 540 g/mol. The van der Waals surface area contributed by atoms with Crippen molar-refractivity contribution in [3.8, 4) is 11.4 Å². The molecule has 0 spiro atoms. The number of benzene rings is 2. The number of hydrazone groups is 1. The summed E-state index contributed by atoms with van der Waals surface area (Å²) in [5, 5.41) is 13.4. The normalized spacial score (nSPS) is 11.1. The number of rotatable bonds is 11. The third-order valence-electron chi connectivity index (χ3n) is 5.00. The van der Waals surface area contributed by atoms with E-state index in [1.807, 2.05) is 47.9 Å². The molecule has 0 unspecified atom stereocenters. The number of nitrogens with one attached hydrogen (secondary N) is 1. The molecule has 0 bridgehead atoms. The van der Waals surface area contributed by atoms with Crippen molar-refractivity contribution >= 4 is 45.5 Å². The maximum Gasteiger partial charge on any atom is 0.250 e. The highest BCUT2D eigenvalue weighted by Gasteiger charge is 2.15. The van der Waals surface area contributed by atoms with Crippen LogP contribution in [0.2, 0.25) is 0 Å². The van der Waals surface area contributed by atoms with Gasteiger partial charge in [0.25, 0.3) is 5.91 Å². The van der Waals surface area contributed by atoms with Crippen LogP contribution in [0.15, 0.2) is 75.4 Å². The van der Waals surface area contributed by atoms with Crippen LogP contribution in [0.4, 0.5) is 5.69 Å². The van der Waals surface area contributed by atoms with Crippen molar-refractivity contribution in [3.63, 3.8) is 0 Å². The van der Waals surface area contributed by atoms with Crippen LogP contribution in [-0.4, -0.2) is 45.7 Å². The SMILES string of the molecule is C=C(C)Cn1c(SCC(=O)N/N=C/c2ccc(N(CC)CC)cc2)nnc1-c1ccc(Br)cc1. The lowest BCUT2D eigenvalue weighted by Crippen LogP contribution is -2.21. The predicted octanol–water partition coefficient (Wildman–Crippen LogP) is 5.37. The van der Waals surface area contributed by atoms with Gasteiger partial charge in [0.2, 0.25) is 0 Å². The molecule has 1 heterocycles. The van der Waals surface area contributed by atoms with Crippen LogP contribution in [0.3, 0.4) is 0 Å². The molecular weight excluding hydrogens is 512 g/mol. The highest BCUT2D eigenvalue weighted by molar-refractivity contribution is 9.10. The fourth-order valence-electron chi connectivity index (χ4n) is 3.32. The zero-order chi connectivity index (χ0) is 24.5. The maximum atomic E-state index is 12.3. The highest BCUT2D eigenvalue weighted by Crippen LogP contribution is 2.26. The maximum absolute atomic E-state index is 12.3. The second-order valence-electron chi connectivity index (χ2n) is 7.70. The van der Waals surface area contributed by atoms with Crippen molar-refractivity contribution in [2.45, 2.75) is 32.5 Å². The van der Waals surface area contributed by atoms with Crippen LogP contribution < -0.4 is 10.3 Å². The molecule has 1 N–H and O–H groups in total. The molecule has 3 rings (SSSR count). The van der Waals surface area contributed by atoms with E-state index in [9.17, 15) is 4.79 Å². The smallest absolute Gasteiger partial charge is 0.250 e. The van der Waals surface area contributed by atoms with E-state index in [0.717, 1.165) is 40.1 Å². The van der Waals surface area contributed by atoms with Crippen LogP contribution in [-0.2, 0) is 11.3 Å². The van der Waals surface area contributed by atoms with Crippen LogP contribution >= 0.6 is 27.7 Å². The first-order valence-electron chi connectivity index (χ1n) is 11.0. The fourth-order valence-corrected chi connectivity index (χ4v) is 4.32. The molecule has 2 aromatic carbocycles. The summed E-state index contributed by atoms with van der Waals surface area (Å²) < 4.78 is 2.97. The topological polar surface area (TPSA) is 75.4 Å². The summed E-state index contributed by atoms with van der Waals surface area (Å²) in [5.41, 5.74) is 6.60. The molecule has 0 saturated carbocycles. The lowest BCUT2D eigenvalue weighted by molar-refractivity contribution is -0.118. The summed E-state index contributed by atoms with van der Waals surface area (Å²) >= 11 is 4.77. The van der Waals surface area contributed by atoms with E-state index in [0.29, 0.717) is 11.7 Å². The zero-order valence-corrected chi connectivity index (χ0v) is 22.1. The number of carbonyl (C=O) groups excluding carboxylic acids is 1. The number of amides is 1. The molecule has 1 amide bonds. The number of aromatic nitrogens is 3. The molecular formula is C25H29BrN6OS. The molecule has 0 saturated heterocycles. The first-order chi connectivity index (χ1) is 16.4. The van der Waals surface area contributed by atoms with Crippen molar-refractivity contribution in [2.24, 2.45) is 5.10 Å². The van der Waals surface area contributed by atoms with Gasteiger partial charge in [-0.15, -0.1) is 10.2 Å². The Balaban J connectivity index is 1.60. The van der Waals surface area contributed by atoms with Gasteiger partial charge in [-0.2, -0.15) is 5.10 Å². The van der Waals surface area contributed by atoms with Gasteiger partial charge in [-0.25, -0.2) is 5.43 Å². The lowest BCUT2D eigenvalue weighted by Gasteiger charge is -2.20. The molecule has 0 radical (unpaired) electrons. The molecule has 7 nitrogen and oxygen atoms in total. The molecule has 3 aromatic rings. The van der Waals surface area contributed by atoms with Gasteiger partial charge in [-0.05, 0) is 50.6 Å². The van der Waals surface area contributed by atoms with E-state index in [4.69, 9.17) is 0 Å². The summed E-state index contributed by atoms with van der Waals surface area (Å²) in [7, 11) is 0. The standard InChI is InChI=1S/C25H29BrN6OS/c1-5-31(6-2)22-13-7-19(8-14-22)15-27-28-23(33)17-34-25-30-29-24(32(25)16-18(3)4)20-9-11-21(26)12-10-20/h7-15H,3,5-6,16-17H2,1-2,4H3,(H,28,33)/b27-15+. The average Bonchev–Trinajstić information content (AvgIpc) is 3.21. The second kappa shape index (κ2) is 12.5. The fraction of sp³-hybridized carbons (Fsp3) is 0.280. The minimum Gasteiger partial charge on any atom is -0.372 e. The highest BCUT2D eigenvalue weighted by atomic mass is 79.9. The number of hydrogen-bond donors (Lipinski definition) is 1. The van der Waals surface area contributed by atoms with E-state index in [1.54, 1.807) is 6.21 Å². The van der Waals surface area contributed by atoms with Crippen LogP contribution in [0.25, 0.3) is 11.4 Å². The molecule has 1 aromatic heterocycles. The van der Waals surface area contributed by atoms with Gasteiger partial charge in [0.05, 0.1) is 12.0 Å². The molecule has 0 atom stereocenters. The molecule has 178 valence electrons. The third kappa shape index (κ3) is 7.04.